The number of alkyl carbamates (subject to hydrolysis) is 1. The molecule has 4 rings (SSSR count). The van der Waals surface area contributed by atoms with Crippen LogP contribution in [0.1, 0.15) is 29.5 Å². The van der Waals surface area contributed by atoms with E-state index in [4.69, 9.17) is 4.74 Å². The molecule has 3 aromatic rings. The van der Waals surface area contributed by atoms with E-state index >= 15 is 0 Å². The van der Waals surface area contributed by atoms with Crippen LogP contribution in [0, 0.1) is 0 Å². The van der Waals surface area contributed by atoms with Gasteiger partial charge in [-0.1, -0.05) is 91.0 Å². The number of hydrogen-bond donors (Lipinski definition) is 2. The Hall–Kier alpha value is -3.64. The Balaban J connectivity index is 1.30. The van der Waals surface area contributed by atoms with Gasteiger partial charge in [-0.05, 0) is 29.5 Å². The van der Waals surface area contributed by atoms with Gasteiger partial charge in [0.15, 0.2) is 0 Å². The van der Waals surface area contributed by atoms with Gasteiger partial charge in [-0.25, -0.2) is 4.79 Å². The summed E-state index contributed by atoms with van der Waals surface area (Å²) in [6.07, 6.45) is 1.58. The lowest BCUT2D eigenvalue weighted by Crippen LogP contribution is -2.52. The monoisotopic (exact) mass is 471 g/mol. The van der Waals surface area contributed by atoms with Crippen LogP contribution in [0.5, 0.6) is 0 Å². The molecule has 1 fully saturated rings. The summed E-state index contributed by atoms with van der Waals surface area (Å²) in [7, 11) is 0. The SMILES string of the molecule is O=C(NC(Cc1ccccc1)C(=O)NC1CCN(Cc2ccccc2)CC1)OCc1ccccc1. The summed E-state index contributed by atoms with van der Waals surface area (Å²) in [5.74, 6) is -0.174. The van der Waals surface area contributed by atoms with E-state index in [0.717, 1.165) is 43.6 Å². The quantitative estimate of drug-likeness (QED) is 0.488. The fourth-order valence-electron chi connectivity index (χ4n) is 4.34. The highest BCUT2D eigenvalue weighted by Gasteiger charge is 2.26. The molecule has 0 radical (unpaired) electrons. The van der Waals surface area contributed by atoms with Crippen molar-refractivity contribution >= 4 is 12.0 Å². The van der Waals surface area contributed by atoms with Gasteiger partial charge >= 0.3 is 6.09 Å². The third kappa shape index (κ3) is 7.97. The Bertz CT molecular complexity index is 1050. The van der Waals surface area contributed by atoms with Crippen LogP contribution in [0.2, 0.25) is 0 Å². The molecule has 0 spiro atoms. The lowest BCUT2D eigenvalue weighted by Gasteiger charge is -2.33. The van der Waals surface area contributed by atoms with Crippen LogP contribution >= 0.6 is 0 Å². The third-order valence-corrected chi connectivity index (χ3v) is 6.29. The van der Waals surface area contributed by atoms with Crippen LogP contribution in [0.25, 0.3) is 0 Å². The van der Waals surface area contributed by atoms with Crippen LogP contribution in [-0.2, 0) is 29.1 Å². The molecule has 0 saturated carbocycles. The van der Waals surface area contributed by atoms with Crippen LogP contribution in [0.15, 0.2) is 91.0 Å². The van der Waals surface area contributed by atoms with E-state index in [2.05, 4.69) is 39.8 Å². The van der Waals surface area contributed by atoms with E-state index in [0.29, 0.717) is 6.42 Å². The Morgan fingerprint density at radius 3 is 1.94 bits per heavy atom. The molecule has 182 valence electrons. The molecule has 1 aliphatic rings. The Morgan fingerprint density at radius 1 is 0.800 bits per heavy atom. The molecule has 0 aromatic heterocycles. The molecular formula is C29H33N3O3. The number of rotatable bonds is 9. The topological polar surface area (TPSA) is 70.7 Å². The van der Waals surface area contributed by atoms with E-state index in [-0.39, 0.29) is 18.6 Å². The maximum atomic E-state index is 13.2. The van der Waals surface area contributed by atoms with Gasteiger partial charge in [0.25, 0.3) is 0 Å². The Kier molecular flexibility index (Phi) is 8.90. The maximum absolute atomic E-state index is 13.2. The Labute approximate surface area is 207 Å². The number of amides is 2. The van der Waals surface area contributed by atoms with Gasteiger partial charge in [0.1, 0.15) is 12.6 Å². The fourth-order valence-corrected chi connectivity index (χ4v) is 4.34. The molecule has 6 heteroatoms. The zero-order valence-corrected chi connectivity index (χ0v) is 19.9. The van der Waals surface area contributed by atoms with Crippen molar-refractivity contribution in [3.8, 4) is 0 Å². The molecule has 3 aromatic carbocycles. The molecule has 1 saturated heterocycles. The number of likely N-dealkylation sites (tertiary alicyclic amines) is 1. The highest BCUT2D eigenvalue weighted by Crippen LogP contribution is 2.14. The van der Waals surface area contributed by atoms with E-state index in [1.54, 1.807) is 0 Å². The van der Waals surface area contributed by atoms with Gasteiger partial charge in [0.05, 0.1) is 0 Å². The minimum absolute atomic E-state index is 0.0925. The normalized spacial score (nSPS) is 15.2. The highest BCUT2D eigenvalue weighted by atomic mass is 16.5. The fraction of sp³-hybridized carbons (Fsp3) is 0.310. The molecule has 1 aliphatic heterocycles. The van der Waals surface area contributed by atoms with E-state index in [1.165, 1.54) is 5.56 Å². The van der Waals surface area contributed by atoms with E-state index in [9.17, 15) is 9.59 Å². The zero-order valence-electron chi connectivity index (χ0n) is 19.9. The van der Waals surface area contributed by atoms with Crippen molar-refractivity contribution in [3.05, 3.63) is 108 Å². The minimum atomic E-state index is -0.706. The molecular weight excluding hydrogens is 438 g/mol. The summed E-state index contributed by atoms with van der Waals surface area (Å²) in [6.45, 7) is 2.94. The van der Waals surface area contributed by atoms with Gasteiger partial charge in [0, 0.05) is 32.1 Å². The lowest BCUT2D eigenvalue weighted by molar-refractivity contribution is -0.124. The first kappa shape index (κ1) is 24.5. The predicted molar refractivity (Wildman–Crippen MR) is 137 cm³/mol. The molecule has 0 bridgehead atoms. The number of nitrogens with one attached hydrogen (secondary N) is 2. The van der Waals surface area contributed by atoms with Crippen molar-refractivity contribution < 1.29 is 14.3 Å². The van der Waals surface area contributed by atoms with Crippen molar-refractivity contribution in [2.24, 2.45) is 0 Å². The average molecular weight is 472 g/mol. The second kappa shape index (κ2) is 12.7. The van der Waals surface area contributed by atoms with Gasteiger partial charge in [-0.15, -0.1) is 0 Å². The van der Waals surface area contributed by atoms with Crippen LogP contribution in [0.3, 0.4) is 0 Å². The molecule has 1 unspecified atom stereocenters. The van der Waals surface area contributed by atoms with Crippen molar-refractivity contribution in [1.29, 1.82) is 0 Å². The van der Waals surface area contributed by atoms with Crippen molar-refractivity contribution in [2.45, 2.75) is 44.5 Å². The van der Waals surface area contributed by atoms with Crippen LogP contribution in [0.4, 0.5) is 4.79 Å². The van der Waals surface area contributed by atoms with Gasteiger partial charge in [-0.3, -0.25) is 9.69 Å². The number of nitrogens with zero attached hydrogens (tertiary/aromatic N) is 1. The predicted octanol–water partition coefficient (Wildman–Crippen LogP) is 4.30. The summed E-state index contributed by atoms with van der Waals surface area (Å²) in [5, 5.41) is 5.95. The first-order valence-corrected chi connectivity index (χ1v) is 12.2. The van der Waals surface area contributed by atoms with Crippen molar-refractivity contribution in [1.82, 2.24) is 15.5 Å². The lowest BCUT2D eigenvalue weighted by atomic mass is 10.0. The summed E-state index contributed by atoms with van der Waals surface area (Å²) in [5.41, 5.74) is 3.18. The van der Waals surface area contributed by atoms with Gasteiger partial charge < -0.3 is 15.4 Å². The molecule has 6 nitrogen and oxygen atoms in total. The maximum Gasteiger partial charge on any atom is 0.408 e. The Morgan fingerprint density at radius 2 is 1.34 bits per heavy atom. The summed E-state index contributed by atoms with van der Waals surface area (Å²) < 4.78 is 5.37. The minimum Gasteiger partial charge on any atom is -0.445 e. The van der Waals surface area contributed by atoms with E-state index < -0.39 is 12.1 Å². The summed E-state index contributed by atoms with van der Waals surface area (Å²) in [4.78, 5) is 28.1. The van der Waals surface area contributed by atoms with Crippen LogP contribution < -0.4 is 10.6 Å². The van der Waals surface area contributed by atoms with Gasteiger partial charge in [-0.2, -0.15) is 0 Å². The molecule has 0 aliphatic carbocycles. The molecule has 2 N–H and O–H groups in total. The van der Waals surface area contributed by atoms with Gasteiger partial charge in [0.2, 0.25) is 5.91 Å². The highest BCUT2D eigenvalue weighted by molar-refractivity contribution is 5.86. The second-order valence-electron chi connectivity index (χ2n) is 8.99. The van der Waals surface area contributed by atoms with Crippen LogP contribution in [-0.4, -0.2) is 42.1 Å². The number of carbonyl (C=O) groups is 2. The average Bonchev–Trinajstić information content (AvgIpc) is 2.90. The number of hydrogen-bond acceptors (Lipinski definition) is 4. The van der Waals surface area contributed by atoms with E-state index in [1.807, 2.05) is 66.7 Å². The summed E-state index contributed by atoms with van der Waals surface area (Å²) in [6, 6.07) is 29.0. The number of ether oxygens (including phenoxy) is 1. The first-order valence-electron chi connectivity index (χ1n) is 12.2. The molecule has 2 amide bonds. The number of benzene rings is 3. The van der Waals surface area contributed by atoms with Crippen molar-refractivity contribution in [2.75, 3.05) is 13.1 Å². The first-order chi connectivity index (χ1) is 17.2. The third-order valence-electron chi connectivity index (χ3n) is 6.29. The summed E-state index contributed by atoms with van der Waals surface area (Å²) >= 11 is 0. The zero-order chi connectivity index (χ0) is 24.3. The number of piperidine rings is 1. The standard InChI is InChI=1S/C29H33N3O3/c33-28(30-26-16-18-32(19-17-26)21-24-12-6-2-7-13-24)27(20-23-10-4-1-5-11-23)31-29(34)35-22-25-14-8-3-9-15-25/h1-15,26-27H,16-22H2,(H,30,33)(H,31,34). The molecule has 1 heterocycles. The number of carbonyl (C=O) groups excluding carboxylic acids is 2. The molecule has 1 atom stereocenters. The van der Waals surface area contributed by atoms with Crippen molar-refractivity contribution in [3.63, 3.8) is 0 Å². The largest absolute Gasteiger partial charge is 0.445 e. The molecule has 35 heavy (non-hydrogen) atoms. The second-order valence-corrected chi connectivity index (χ2v) is 8.99. The smallest absolute Gasteiger partial charge is 0.408 e.